The first-order chi connectivity index (χ1) is 11.7. The van der Waals surface area contributed by atoms with Gasteiger partial charge in [-0.3, -0.25) is 4.79 Å². The van der Waals surface area contributed by atoms with Crippen LogP contribution >= 0.6 is 23.2 Å². The zero-order valence-corrected chi connectivity index (χ0v) is 16.3. The van der Waals surface area contributed by atoms with Crippen LogP contribution in [0.5, 0.6) is 5.75 Å². The number of hydrogen-bond acceptors (Lipinski definition) is 3. The Balaban J connectivity index is 2.76. The van der Waals surface area contributed by atoms with E-state index in [2.05, 4.69) is 23.2 Å². The van der Waals surface area contributed by atoms with Crippen LogP contribution < -0.4 is 10.1 Å². The number of nitrogens with zero attached hydrogens (tertiary/aromatic N) is 1. The summed E-state index contributed by atoms with van der Waals surface area (Å²) < 4.78 is 5.72. The maximum atomic E-state index is 12.5. The van der Waals surface area contributed by atoms with Crippen LogP contribution in [0.15, 0.2) is 18.2 Å². The Bertz CT molecular complexity index is 694. The highest BCUT2D eigenvalue weighted by atomic mass is 35.5. The molecule has 0 aromatic heterocycles. The third-order valence-electron chi connectivity index (χ3n) is 3.24. The molecule has 134 valence electrons. The highest BCUT2D eigenvalue weighted by molar-refractivity contribution is 6.34. The van der Waals surface area contributed by atoms with Crippen molar-refractivity contribution in [3.63, 3.8) is 0 Å². The van der Waals surface area contributed by atoms with Gasteiger partial charge in [-0.25, -0.2) is 0 Å². The van der Waals surface area contributed by atoms with Gasteiger partial charge in [0.2, 0.25) is 0 Å². The van der Waals surface area contributed by atoms with Gasteiger partial charge in [0.05, 0.1) is 17.5 Å². The van der Waals surface area contributed by atoms with Gasteiger partial charge in [-0.05, 0) is 45.4 Å². The fourth-order valence-corrected chi connectivity index (χ4v) is 2.48. The molecule has 0 bridgehead atoms. The lowest BCUT2D eigenvalue weighted by Crippen LogP contribution is -2.48. The number of ether oxygens (including phenoxy) is 1. The summed E-state index contributed by atoms with van der Waals surface area (Å²) in [5.41, 5.74) is -0.727. The van der Waals surface area contributed by atoms with Crippen molar-refractivity contribution in [3.05, 3.63) is 28.2 Å². The molecule has 0 saturated heterocycles. The maximum absolute atomic E-state index is 12.5. The minimum absolute atomic E-state index is 0.140. The molecule has 0 spiro atoms. The second-order valence-electron chi connectivity index (χ2n) is 6.27. The number of halogens is 2. The van der Waals surface area contributed by atoms with E-state index in [-0.39, 0.29) is 11.8 Å². The first-order valence-corrected chi connectivity index (χ1v) is 8.77. The van der Waals surface area contributed by atoms with E-state index in [0.717, 1.165) is 0 Å². The minimum Gasteiger partial charge on any atom is -0.481 e. The Morgan fingerprint density at radius 2 is 1.92 bits per heavy atom. The van der Waals surface area contributed by atoms with Crippen molar-refractivity contribution in [1.29, 1.82) is 5.26 Å². The molecule has 0 saturated carbocycles. The van der Waals surface area contributed by atoms with E-state index in [1.54, 1.807) is 39.0 Å². The van der Waals surface area contributed by atoms with Crippen LogP contribution in [0.2, 0.25) is 10.0 Å². The number of nitrogens with one attached hydrogen (secondary N) is 1. The summed E-state index contributed by atoms with van der Waals surface area (Å²) in [7, 11) is 0. The summed E-state index contributed by atoms with van der Waals surface area (Å²) in [6.45, 7) is 7.26. The molecule has 0 aliphatic rings. The van der Waals surface area contributed by atoms with E-state index < -0.39 is 11.6 Å². The molecule has 2 unspecified atom stereocenters. The summed E-state index contributed by atoms with van der Waals surface area (Å²) >= 11 is 11.9. The van der Waals surface area contributed by atoms with Crippen LogP contribution in [-0.2, 0) is 4.79 Å². The normalized spacial score (nSPS) is 13.0. The average molecular weight is 381 g/mol. The van der Waals surface area contributed by atoms with Gasteiger partial charge in [0.15, 0.2) is 6.10 Å². The van der Waals surface area contributed by atoms with Crippen LogP contribution in [0.25, 0.3) is 0 Å². The van der Waals surface area contributed by atoms with Crippen LogP contribution in [0.4, 0.5) is 0 Å². The molecule has 1 aromatic rings. The molecule has 1 rings (SSSR count). The van der Waals surface area contributed by atoms with Gasteiger partial charge < -0.3 is 10.1 Å². The molecule has 0 aliphatic carbocycles. The van der Waals surface area contributed by atoms with Crippen molar-refractivity contribution < 1.29 is 9.53 Å². The van der Waals surface area contributed by atoms with Crippen molar-refractivity contribution in [2.75, 3.05) is 0 Å². The van der Waals surface area contributed by atoms with Gasteiger partial charge >= 0.3 is 0 Å². The molecular weight excluding hydrogens is 359 g/mol. The van der Waals surface area contributed by atoms with E-state index in [4.69, 9.17) is 33.2 Å². The second kappa shape index (κ2) is 9.56. The number of nitriles is 1. The molecular formula is C19H22Cl2N2O2. The Labute approximate surface area is 159 Å². The molecule has 0 fully saturated rings. The smallest absolute Gasteiger partial charge is 0.262 e. The number of rotatable bonds is 6. The van der Waals surface area contributed by atoms with Crippen LogP contribution in [0.3, 0.4) is 0 Å². The highest BCUT2D eigenvalue weighted by Crippen LogP contribution is 2.25. The third-order valence-corrected chi connectivity index (χ3v) is 3.68. The summed E-state index contributed by atoms with van der Waals surface area (Å²) in [4.78, 5) is 12.5. The summed E-state index contributed by atoms with van der Waals surface area (Å²) in [5, 5.41) is 12.5. The molecule has 0 heterocycles. The zero-order valence-electron chi connectivity index (χ0n) is 14.8. The van der Waals surface area contributed by atoms with Gasteiger partial charge in [-0.15, -0.1) is 0 Å². The van der Waals surface area contributed by atoms with E-state index in [9.17, 15) is 4.79 Å². The lowest BCUT2D eigenvalue weighted by Gasteiger charge is -2.24. The fourth-order valence-electron chi connectivity index (χ4n) is 1.97. The number of carbonyl (C=O) groups excluding carboxylic acids is 1. The monoisotopic (exact) mass is 380 g/mol. The number of carbonyl (C=O) groups is 1. The van der Waals surface area contributed by atoms with Crippen LogP contribution in [-0.4, -0.2) is 17.6 Å². The second-order valence-corrected chi connectivity index (χ2v) is 7.14. The lowest BCUT2D eigenvalue weighted by molar-refractivity contribution is -0.129. The first-order valence-electron chi connectivity index (χ1n) is 8.01. The zero-order chi connectivity index (χ0) is 19.0. The lowest BCUT2D eigenvalue weighted by atomic mass is 10.0. The fraction of sp³-hybridized carbons (Fsp3) is 0.474. The van der Waals surface area contributed by atoms with Crippen molar-refractivity contribution in [3.8, 4) is 23.7 Å². The maximum Gasteiger partial charge on any atom is 0.262 e. The SMILES string of the molecule is CCC(Oc1cc(Cl)cc(Cl)c1)C(=O)NC(C)(C)C#CCC(C)C#N. The molecule has 0 aliphatic heterocycles. The van der Waals surface area contributed by atoms with E-state index in [0.29, 0.717) is 28.6 Å². The summed E-state index contributed by atoms with van der Waals surface area (Å²) in [6, 6.07) is 6.94. The molecule has 1 N–H and O–H groups in total. The average Bonchev–Trinajstić information content (AvgIpc) is 2.50. The number of amides is 1. The minimum atomic E-state index is -0.727. The number of benzene rings is 1. The van der Waals surface area contributed by atoms with Crippen molar-refractivity contribution in [2.24, 2.45) is 5.92 Å². The molecule has 0 radical (unpaired) electrons. The molecule has 4 nitrogen and oxygen atoms in total. The molecule has 2 atom stereocenters. The Morgan fingerprint density at radius 1 is 1.32 bits per heavy atom. The quantitative estimate of drug-likeness (QED) is 0.733. The topological polar surface area (TPSA) is 62.1 Å². The van der Waals surface area contributed by atoms with E-state index >= 15 is 0 Å². The summed E-state index contributed by atoms with van der Waals surface area (Å²) in [6.07, 6.45) is 0.253. The predicted molar refractivity (Wildman–Crippen MR) is 101 cm³/mol. The van der Waals surface area contributed by atoms with Crippen molar-refractivity contribution >= 4 is 29.1 Å². The van der Waals surface area contributed by atoms with Crippen molar-refractivity contribution in [1.82, 2.24) is 5.32 Å². The van der Waals surface area contributed by atoms with Gasteiger partial charge in [0.1, 0.15) is 5.75 Å². The Morgan fingerprint density at radius 3 is 2.44 bits per heavy atom. The highest BCUT2D eigenvalue weighted by Gasteiger charge is 2.25. The molecule has 6 heteroatoms. The standard InChI is InChI=1S/C19H22Cl2N2O2/c1-5-17(25-16-10-14(20)9-15(21)11-16)18(24)23-19(3,4)8-6-7-13(2)12-22/h9-11,13,17H,5,7H2,1-4H3,(H,23,24). The van der Waals surface area contributed by atoms with Crippen LogP contribution in [0.1, 0.15) is 40.5 Å². The van der Waals surface area contributed by atoms with E-state index in [1.807, 2.05) is 6.92 Å². The van der Waals surface area contributed by atoms with Gasteiger partial charge in [-0.1, -0.05) is 42.0 Å². The van der Waals surface area contributed by atoms with Gasteiger partial charge in [-0.2, -0.15) is 5.26 Å². The molecule has 1 amide bonds. The summed E-state index contributed by atoms with van der Waals surface area (Å²) in [5.74, 6) is 5.95. The third kappa shape index (κ3) is 7.69. The van der Waals surface area contributed by atoms with Gasteiger partial charge in [0, 0.05) is 16.5 Å². The largest absolute Gasteiger partial charge is 0.481 e. The predicted octanol–water partition coefficient (Wildman–Crippen LogP) is 4.60. The number of hydrogen-bond donors (Lipinski definition) is 1. The molecule has 25 heavy (non-hydrogen) atoms. The Kier molecular flexibility index (Phi) is 8.10. The van der Waals surface area contributed by atoms with Crippen molar-refractivity contribution in [2.45, 2.75) is 52.2 Å². The van der Waals surface area contributed by atoms with Gasteiger partial charge in [0.25, 0.3) is 5.91 Å². The van der Waals surface area contributed by atoms with Crippen LogP contribution in [0, 0.1) is 29.1 Å². The Hall–Kier alpha value is -1.88. The van der Waals surface area contributed by atoms with E-state index in [1.165, 1.54) is 0 Å². The first kappa shape index (κ1) is 21.2. The molecule has 1 aromatic carbocycles.